The molecule has 2 aromatic rings. The first-order chi connectivity index (χ1) is 12.9. The predicted octanol–water partition coefficient (Wildman–Crippen LogP) is 4.25. The first kappa shape index (κ1) is 19.2. The van der Waals surface area contributed by atoms with Gasteiger partial charge in [-0.2, -0.15) is 0 Å². The molecule has 0 unspecified atom stereocenters. The van der Waals surface area contributed by atoms with Crippen LogP contribution in [0.5, 0.6) is 0 Å². The summed E-state index contributed by atoms with van der Waals surface area (Å²) >= 11 is 5.69. The minimum absolute atomic E-state index is 0.000566. The molecule has 1 aliphatic rings. The van der Waals surface area contributed by atoms with Gasteiger partial charge in [0.2, 0.25) is 5.91 Å². The molecule has 0 bridgehead atoms. The van der Waals surface area contributed by atoms with Crippen LogP contribution in [-0.2, 0) is 4.79 Å². The van der Waals surface area contributed by atoms with Gasteiger partial charge < -0.3 is 10.2 Å². The van der Waals surface area contributed by atoms with Crippen LogP contribution in [0.4, 0.5) is 18.9 Å². The Hall–Kier alpha value is -2.54. The fraction of sp³-hybridized carbons (Fsp3) is 0.263. The van der Waals surface area contributed by atoms with Crippen molar-refractivity contribution in [1.82, 2.24) is 4.90 Å². The molecule has 0 saturated carbocycles. The van der Waals surface area contributed by atoms with Crippen LogP contribution < -0.4 is 5.32 Å². The number of amides is 2. The van der Waals surface area contributed by atoms with Gasteiger partial charge in [0.25, 0.3) is 5.91 Å². The van der Waals surface area contributed by atoms with Crippen molar-refractivity contribution in [3.05, 3.63) is 64.4 Å². The van der Waals surface area contributed by atoms with Crippen molar-refractivity contribution in [2.45, 2.75) is 12.8 Å². The van der Waals surface area contributed by atoms with Gasteiger partial charge in [-0.3, -0.25) is 9.59 Å². The van der Waals surface area contributed by atoms with Crippen LogP contribution in [0.25, 0.3) is 0 Å². The maximum absolute atomic E-state index is 13.9. The van der Waals surface area contributed by atoms with E-state index in [1.165, 1.54) is 23.1 Å². The van der Waals surface area contributed by atoms with E-state index in [0.717, 1.165) is 12.1 Å². The lowest BCUT2D eigenvalue weighted by Crippen LogP contribution is -2.41. The highest BCUT2D eigenvalue weighted by atomic mass is 35.5. The van der Waals surface area contributed by atoms with Crippen LogP contribution in [0, 0.1) is 23.4 Å². The number of halogens is 4. The lowest BCUT2D eigenvalue weighted by Gasteiger charge is -2.31. The second-order valence-electron chi connectivity index (χ2n) is 6.28. The van der Waals surface area contributed by atoms with Crippen molar-refractivity contribution in [2.75, 3.05) is 18.4 Å². The van der Waals surface area contributed by atoms with Gasteiger partial charge in [0, 0.05) is 25.1 Å². The molecule has 142 valence electrons. The summed E-state index contributed by atoms with van der Waals surface area (Å²) in [5.74, 6) is -3.70. The molecule has 1 N–H and O–H groups in total. The average Bonchev–Trinajstić information content (AvgIpc) is 2.65. The number of hydrogen-bond acceptors (Lipinski definition) is 2. The predicted molar refractivity (Wildman–Crippen MR) is 95.0 cm³/mol. The van der Waals surface area contributed by atoms with E-state index in [1.54, 1.807) is 0 Å². The molecule has 4 nitrogen and oxygen atoms in total. The summed E-state index contributed by atoms with van der Waals surface area (Å²) < 4.78 is 40.6. The van der Waals surface area contributed by atoms with Gasteiger partial charge in [-0.1, -0.05) is 17.7 Å². The van der Waals surface area contributed by atoms with E-state index in [9.17, 15) is 22.8 Å². The van der Waals surface area contributed by atoms with Gasteiger partial charge in [-0.25, -0.2) is 13.2 Å². The molecular weight excluding hydrogens is 381 g/mol. The molecule has 1 heterocycles. The number of carbonyl (C=O) groups is 2. The Morgan fingerprint density at radius 2 is 1.78 bits per heavy atom. The zero-order valence-corrected chi connectivity index (χ0v) is 14.9. The molecule has 8 heteroatoms. The summed E-state index contributed by atoms with van der Waals surface area (Å²) in [6.07, 6.45) is 0.700. The van der Waals surface area contributed by atoms with Crippen LogP contribution in [0.15, 0.2) is 36.4 Å². The number of carbonyl (C=O) groups excluding carboxylic acids is 2. The quantitative estimate of drug-likeness (QED) is 0.843. The third-order valence-corrected chi connectivity index (χ3v) is 4.82. The number of piperidine rings is 1. The van der Waals surface area contributed by atoms with Gasteiger partial charge in [0.05, 0.1) is 16.3 Å². The molecule has 1 saturated heterocycles. The van der Waals surface area contributed by atoms with Gasteiger partial charge in [-0.15, -0.1) is 0 Å². The average molecular weight is 397 g/mol. The molecule has 2 aromatic carbocycles. The minimum Gasteiger partial charge on any atom is -0.339 e. The number of rotatable bonds is 3. The van der Waals surface area contributed by atoms with Gasteiger partial charge >= 0.3 is 0 Å². The maximum Gasteiger partial charge on any atom is 0.256 e. The van der Waals surface area contributed by atoms with Crippen LogP contribution in [0.1, 0.15) is 23.2 Å². The van der Waals surface area contributed by atoms with Crippen LogP contribution in [-0.4, -0.2) is 29.8 Å². The van der Waals surface area contributed by atoms with E-state index in [0.29, 0.717) is 18.9 Å². The highest BCUT2D eigenvalue weighted by Gasteiger charge is 2.29. The molecule has 0 aromatic heterocycles. The summed E-state index contributed by atoms with van der Waals surface area (Å²) in [7, 11) is 0. The highest BCUT2D eigenvalue weighted by Crippen LogP contribution is 2.25. The molecule has 27 heavy (non-hydrogen) atoms. The van der Waals surface area contributed by atoms with Gasteiger partial charge in [0.15, 0.2) is 5.82 Å². The van der Waals surface area contributed by atoms with Crippen LogP contribution in [0.3, 0.4) is 0 Å². The number of hydrogen-bond donors (Lipinski definition) is 1. The van der Waals surface area contributed by atoms with Gasteiger partial charge in [0.1, 0.15) is 11.6 Å². The highest BCUT2D eigenvalue weighted by molar-refractivity contribution is 6.31. The third-order valence-electron chi connectivity index (χ3n) is 4.52. The first-order valence-electron chi connectivity index (χ1n) is 8.36. The second kappa shape index (κ2) is 8.00. The second-order valence-corrected chi connectivity index (χ2v) is 6.69. The van der Waals surface area contributed by atoms with E-state index >= 15 is 0 Å². The molecule has 3 rings (SSSR count). The SMILES string of the molecule is O=C(Nc1cccc(Cl)c1F)C1CCN(C(=O)c2ccc(F)cc2F)CC1. The Kier molecular flexibility index (Phi) is 5.70. The van der Waals surface area contributed by atoms with E-state index in [-0.39, 0.29) is 35.3 Å². The number of nitrogens with zero attached hydrogens (tertiary/aromatic N) is 1. The Morgan fingerprint density at radius 3 is 2.44 bits per heavy atom. The zero-order chi connectivity index (χ0) is 19.6. The summed E-state index contributed by atoms with van der Waals surface area (Å²) in [5, 5.41) is 2.42. The number of benzene rings is 2. The summed E-state index contributed by atoms with van der Waals surface area (Å²) in [6.45, 7) is 0.484. The van der Waals surface area contributed by atoms with E-state index in [2.05, 4.69) is 5.32 Å². The molecule has 0 atom stereocenters. The molecular formula is C19H16ClF3N2O2. The summed E-state index contributed by atoms with van der Waals surface area (Å²) in [4.78, 5) is 26.1. The Bertz CT molecular complexity index is 883. The number of likely N-dealkylation sites (tertiary alicyclic amines) is 1. The summed E-state index contributed by atoms with van der Waals surface area (Å²) in [5.41, 5.74) is -0.209. The van der Waals surface area contributed by atoms with Crippen molar-refractivity contribution in [3.8, 4) is 0 Å². The fourth-order valence-corrected chi connectivity index (χ4v) is 3.19. The van der Waals surface area contributed by atoms with Crippen LogP contribution in [0.2, 0.25) is 5.02 Å². The van der Waals surface area contributed by atoms with Crippen molar-refractivity contribution in [1.29, 1.82) is 0 Å². The molecule has 2 amide bonds. The van der Waals surface area contributed by atoms with E-state index in [1.807, 2.05) is 0 Å². The van der Waals surface area contributed by atoms with Crippen molar-refractivity contribution >= 4 is 29.1 Å². The zero-order valence-electron chi connectivity index (χ0n) is 14.1. The first-order valence-corrected chi connectivity index (χ1v) is 8.74. The molecule has 1 aliphatic heterocycles. The monoisotopic (exact) mass is 396 g/mol. The third kappa shape index (κ3) is 4.24. The lowest BCUT2D eigenvalue weighted by atomic mass is 9.95. The van der Waals surface area contributed by atoms with Gasteiger partial charge in [-0.05, 0) is 37.1 Å². The number of nitrogens with one attached hydrogen (secondary N) is 1. The molecule has 0 radical (unpaired) electrons. The van der Waals surface area contributed by atoms with E-state index in [4.69, 9.17) is 11.6 Å². The molecule has 0 spiro atoms. The summed E-state index contributed by atoms with van der Waals surface area (Å²) in [6, 6.07) is 7.11. The van der Waals surface area contributed by atoms with Crippen molar-refractivity contribution in [3.63, 3.8) is 0 Å². The Balaban J connectivity index is 1.60. The molecule has 0 aliphatic carbocycles. The normalized spacial score (nSPS) is 14.9. The Morgan fingerprint density at radius 1 is 1.07 bits per heavy atom. The van der Waals surface area contributed by atoms with Crippen LogP contribution >= 0.6 is 11.6 Å². The maximum atomic E-state index is 13.9. The largest absolute Gasteiger partial charge is 0.339 e. The smallest absolute Gasteiger partial charge is 0.256 e. The Labute approximate surface area is 158 Å². The van der Waals surface area contributed by atoms with Crippen molar-refractivity contribution < 1.29 is 22.8 Å². The topological polar surface area (TPSA) is 49.4 Å². The standard InChI is InChI=1S/C19H16ClF3N2O2/c20-14-2-1-3-16(17(14)23)24-18(26)11-6-8-25(9-7-11)19(27)13-5-4-12(21)10-15(13)22/h1-5,10-11H,6-9H2,(H,24,26). The number of anilines is 1. The fourth-order valence-electron chi connectivity index (χ4n) is 3.01. The molecule has 1 fully saturated rings. The van der Waals surface area contributed by atoms with E-state index < -0.39 is 29.3 Å². The lowest BCUT2D eigenvalue weighted by molar-refractivity contribution is -0.121. The minimum atomic E-state index is -0.920. The van der Waals surface area contributed by atoms with Crippen molar-refractivity contribution in [2.24, 2.45) is 5.92 Å².